The molecule has 0 saturated carbocycles. The van der Waals surface area contributed by atoms with E-state index in [2.05, 4.69) is 0 Å². The predicted octanol–water partition coefficient (Wildman–Crippen LogP) is 2.23. The average molecular weight is 327 g/mol. The first-order chi connectivity index (χ1) is 11.6. The number of anilines is 1. The highest BCUT2D eigenvalue weighted by atomic mass is 16.6. The number of hydrogen-bond donors (Lipinski definition) is 0. The molecule has 4 rings (SSSR count). The predicted molar refractivity (Wildman–Crippen MR) is 88.5 cm³/mol. The number of benzene rings is 1. The van der Waals surface area contributed by atoms with Crippen LogP contribution in [0, 0.1) is 18.8 Å². The zero-order valence-corrected chi connectivity index (χ0v) is 13.9. The van der Waals surface area contributed by atoms with Crippen molar-refractivity contribution >= 4 is 17.6 Å². The van der Waals surface area contributed by atoms with Crippen LogP contribution >= 0.6 is 0 Å². The molecule has 3 heterocycles. The van der Waals surface area contributed by atoms with Crippen LogP contribution in [0.25, 0.3) is 0 Å². The van der Waals surface area contributed by atoms with Crippen molar-refractivity contribution in [2.75, 3.05) is 18.1 Å². The van der Waals surface area contributed by atoms with E-state index in [0.29, 0.717) is 13.2 Å². The molecule has 1 spiro atoms. The van der Waals surface area contributed by atoms with Crippen molar-refractivity contribution in [2.24, 2.45) is 11.8 Å². The number of rotatable bonds is 4. The Kier molecular flexibility index (Phi) is 3.49. The summed E-state index contributed by atoms with van der Waals surface area (Å²) in [4.78, 5) is 27.3. The standard InChI is InChI=1S/C19H21NO4/c1-3-9-23-18(22)15-14-7-8-19(24-14)11-20(17(21)16(15)19)13-6-4-5-12(2)10-13/h4-8,10,14-16H,3,9,11H2,1-2H3/t14-,15?,16-,19?/m1/s1. The summed E-state index contributed by atoms with van der Waals surface area (Å²) in [5, 5.41) is 0. The van der Waals surface area contributed by atoms with E-state index in [1.807, 2.05) is 50.3 Å². The minimum Gasteiger partial charge on any atom is -0.465 e. The molecule has 2 saturated heterocycles. The number of amides is 1. The molecule has 2 fully saturated rings. The van der Waals surface area contributed by atoms with Gasteiger partial charge in [0, 0.05) is 5.69 Å². The lowest BCUT2D eigenvalue weighted by Gasteiger charge is -2.22. The highest BCUT2D eigenvalue weighted by molar-refractivity contribution is 6.02. The minimum atomic E-state index is -0.693. The normalized spacial score (nSPS) is 33.2. The largest absolute Gasteiger partial charge is 0.465 e. The highest BCUT2D eigenvalue weighted by Gasteiger charge is 2.67. The van der Waals surface area contributed by atoms with Crippen LogP contribution in [0.4, 0.5) is 5.69 Å². The quantitative estimate of drug-likeness (QED) is 0.629. The fourth-order valence-electron chi connectivity index (χ4n) is 4.08. The van der Waals surface area contributed by atoms with Crippen LogP contribution in [0.15, 0.2) is 36.4 Å². The third-order valence-electron chi connectivity index (χ3n) is 5.13. The number of nitrogens with zero attached hydrogens (tertiary/aromatic N) is 1. The van der Waals surface area contributed by atoms with Crippen molar-refractivity contribution in [1.29, 1.82) is 0 Å². The van der Waals surface area contributed by atoms with Gasteiger partial charge in [0.2, 0.25) is 5.91 Å². The van der Waals surface area contributed by atoms with Crippen LogP contribution in [-0.2, 0) is 19.1 Å². The molecule has 24 heavy (non-hydrogen) atoms. The van der Waals surface area contributed by atoms with Gasteiger partial charge in [0.25, 0.3) is 0 Å². The van der Waals surface area contributed by atoms with Crippen molar-refractivity contribution in [3.63, 3.8) is 0 Å². The molecular weight excluding hydrogens is 306 g/mol. The van der Waals surface area contributed by atoms with E-state index in [9.17, 15) is 9.59 Å². The summed E-state index contributed by atoms with van der Waals surface area (Å²) in [7, 11) is 0. The SMILES string of the molecule is CCCOC(=O)C1[C@H]2C=CC3(CN(c4cccc(C)c4)C(=O)[C@@H]13)O2. The molecule has 1 aromatic carbocycles. The highest BCUT2D eigenvalue weighted by Crippen LogP contribution is 2.52. The Hall–Kier alpha value is -2.14. The van der Waals surface area contributed by atoms with Crippen LogP contribution in [0.3, 0.4) is 0 Å². The van der Waals surface area contributed by atoms with E-state index in [-0.39, 0.29) is 18.0 Å². The van der Waals surface area contributed by atoms with Crippen LogP contribution in [0.2, 0.25) is 0 Å². The number of esters is 1. The summed E-state index contributed by atoms with van der Waals surface area (Å²) in [5.41, 5.74) is 1.25. The van der Waals surface area contributed by atoms with Gasteiger partial charge in [0.15, 0.2) is 0 Å². The number of hydrogen-bond acceptors (Lipinski definition) is 4. The van der Waals surface area contributed by atoms with Crippen LogP contribution in [-0.4, -0.2) is 36.7 Å². The number of carbonyl (C=O) groups is 2. The fourth-order valence-corrected chi connectivity index (χ4v) is 4.08. The molecule has 5 nitrogen and oxygen atoms in total. The van der Waals surface area contributed by atoms with E-state index in [1.165, 1.54) is 0 Å². The Morgan fingerprint density at radius 3 is 3.04 bits per heavy atom. The molecule has 0 N–H and O–H groups in total. The second-order valence-electron chi connectivity index (χ2n) is 6.83. The van der Waals surface area contributed by atoms with Crippen molar-refractivity contribution < 1.29 is 19.1 Å². The molecule has 2 unspecified atom stereocenters. The van der Waals surface area contributed by atoms with Crippen molar-refractivity contribution in [1.82, 2.24) is 0 Å². The molecular formula is C19H21NO4. The summed E-state index contributed by atoms with van der Waals surface area (Å²) in [6.07, 6.45) is 4.28. The van der Waals surface area contributed by atoms with E-state index in [1.54, 1.807) is 4.90 Å². The molecule has 1 amide bonds. The van der Waals surface area contributed by atoms with Crippen LogP contribution in [0.1, 0.15) is 18.9 Å². The first kappa shape index (κ1) is 15.4. The number of fused-ring (bicyclic) bond motifs is 1. The minimum absolute atomic E-state index is 0.0501. The Bertz CT molecular complexity index is 728. The van der Waals surface area contributed by atoms with Gasteiger partial charge < -0.3 is 14.4 Å². The second-order valence-corrected chi connectivity index (χ2v) is 6.83. The number of carbonyl (C=O) groups excluding carboxylic acids is 2. The summed E-state index contributed by atoms with van der Waals surface area (Å²) < 4.78 is 11.4. The smallest absolute Gasteiger partial charge is 0.312 e. The molecule has 0 aromatic heterocycles. The maximum absolute atomic E-state index is 13.1. The fraction of sp³-hybridized carbons (Fsp3) is 0.474. The average Bonchev–Trinajstić information content (AvgIpc) is 3.21. The molecule has 4 atom stereocenters. The number of ether oxygens (including phenoxy) is 2. The Labute approximate surface area is 141 Å². The third kappa shape index (κ3) is 2.11. The molecule has 2 bridgehead atoms. The van der Waals surface area contributed by atoms with Crippen LogP contribution < -0.4 is 4.90 Å². The summed E-state index contributed by atoms with van der Waals surface area (Å²) in [6.45, 7) is 4.77. The maximum atomic E-state index is 13.1. The van der Waals surface area contributed by atoms with Crippen molar-refractivity contribution in [3.05, 3.63) is 42.0 Å². The van der Waals surface area contributed by atoms with Gasteiger partial charge in [-0.15, -0.1) is 0 Å². The summed E-state index contributed by atoms with van der Waals surface area (Å²) >= 11 is 0. The maximum Gasteiger partial charge on any atom is 0.312 e. The second kappa shape index (κ2) is 5.45. The Balaban J connectivity index is 1.65. The van der Waals surface area contributed by atoms with Gasteiger partial charge in [-0.3, -0.25) is 9.59 Å². The topological polar surface area (TPSA) is 55.8 Å². The zero-order valence-electron chi connectivity index (χ0n) is 13.9. The van der Waals surface area contributed by atoms with Crippen LogP contribution in [0.5, 0.6) is 0 Å². The van der Waals surface area contributed by atoms with Gasteiger partial charge in [-0.2, -0.15) is 0 Å². The van der Waals surface area contributed by atoms with E-state index in [0.717, 1.165) is 17.7 Å². The monoisotopic (exact) mass is 327 g/mol. The zero-order chi connectivity index (χ0) is 16.9. The Morgan fingerprint density at radius 1 is 1.46 bits per heavy atom. The molecule has 3 aliphatic rings. The molecule has 1 aromatic rings. The van der Waals surface area contributed by atoms with Gasteiger partial charge in [-0.05, 0) is 31.0 Å². The van der Waals surface area contributed by atoms with Crippen molar-refractivity contribution in [3.8, 4) is 0 Å². The van der Waals surface area contributed by atoms with Gasteiger partial charge in [0.05, 0.1) is 25.2 Å². The first-order valence-electron chi connectivity index (χ1n) is 8.47. The van der Waals surface area contributed by atoms with E-state index >= 15 is 0 Å². The molecule has 0 radical (unpaired) electrons. The summed E-state index contributed by atoms with van der Waals surface area (Å²) in [5.74, 6) is -1.40. The molecule has 5 heteroatoms. The first-order valence-corrected chi connectivity index (χ1v) is 8.47. The van der Waals surface area contributed by atoms with Gasteiger partial charge >= 0.3 is 5.97 Å². The third-order valence-corrected chi connectivity index (χ3v) is 5.13. The summed E-state index contributed by atoms with van der Waals surface area (Å²) in [6, 6.07) is 7.83. The van der Waals surface area contributed by atoms with Gasteiger partial charge in [0.1, 0.15) is 11.5 Å². The molecule has 126 valence electrons. The lowest BCUT2D eigenvalue weighted by Crippen LogP contribution is -2.40. The van der Waals surface area contributed by atoms with Gasteiger partial charge in [-0.1, -0.05) is 31.2 Å². The van der Waals surface area contributed by atoms with E-state index in [4.69, 9.17) is 9.47 Å². The lowest BCUT2D eigenvalue weighted by molar-refractivity contribution is -0.152. The molecule has 3 aliphatic heterocycles. The number of aryl methyl sites for hydroxylation is 1. The van der Waals surface area contributed by atoms with Crippen molar-refractivity contribution in [2.45, 2.75) is 32.0 Å². The van der Waals surface area contributed by atoms with E-state index < -0.39 is 17.4 Å². The van der Waals surface area contributed by atoms with Gasteiger partial charge in [-0.25, -0.2) is 0 Å². The Morgan fingerprint density at radius 2 is 2.29 bits per heavy atom. The lowest BCUT2D eigenvalue weighted by atomic mass is 9.77. The molecule has 0 aliphatic carbocycles.